The van der Waals surface area contributed by atoms with Crippen LogP contribution in [0.4, 0.5) is 0 Å². The van der Waals surface area contributed by atoms with Crippen LogP contribution in [0, 0.1) is 5.92 Å². The molecule has 0 unspecified atom stereocenters. The Kier molecular flexibility index (Phi) is 6.79. The highest BCUT2D eigenvalue weighted by molar-refractivity contribution is 9.10. The summed E-state index contributed by atoms with van der Waals surface area (Å²) in [5.74, 6) is 0.693. The average Bonchev–Trinajstić information content (AvgIpc) is 2.31. The van der Waals surface area contributed by atoms with Gasteiger partial charge in [-0.05, 0) is 46.5 Å². The van der Waals surface area contributed by atoms with E-state index < -0.39 is 0 Å². The van der Waals surface area contributed by atoms with Crippen molar-refractivity contribution in [2.24, 2.45) is 5.92 Å². The molecular weight excluding hydrogens is 310 g/mol. The third kappa shape index (κ3) is 5.44. The van der Waals surface area contributed by atoms with Gasteiger partial charge >= 0.3 is 0 Å². The molecule has 0 atom stereocenters. The van der Waals surface area contributed by atoms with Crippen molar-refractivity contribution < 1.29 is 4.79 Å². The lowest BCUT2D eigenvalue weighted by Crippen LogP contribution is -2.24. The minimum atomic E-state index is -0.0395. The van der Waals surface area contributed by atoms with Gasteiger partial charge < -0.3 is 5.32 Å². The smallest absolute Gasteiger partial charge is 0.252 e. The topological polar surface area (TPSA) is 29.1 Å². The maximum Gasteiger partial charge on any atom is 0.252 e. The van der Waals surface area contributed by atoms with Gasteiger partial charge in [-0.25, -0.2) is 0 Å². The predicted molar refractivity (Wildman–Crippen MR) is 82.4 cm³/mol. The minimum absolute atomic E-state index is 0.0395. The lowest BCUT2D eigenvalue weighted by molar-refractivity contribution is 0.0952. The summed E-state index contributed by atoms with van der Waals surface area (Å²) in [7, 11) is 0. The summed E-state index contributed by atoms with van der Waals surface area (Å²) in [5.41, 5.74) is 0.645. The normalized spacial score (nSPS) is 10.7. The molecule has 100 valence electrons. The summed E-state index contributed by atoms with van der Waals surface area (Å²) in [6.07, 6.45) is 3.40. The maximum atomic E-state index is 11.9. The fraction of sp³-hybridized carbons (Fsp3) is 0.500. The van der Waals surface area contributed by atoms with E-state index in [-0.39, 0.29) is 5.91 Å². The standard InChI is InChI=1S/C14H20BrNOS/c1-10(2)5-3-4-8-16-14(17)12-9-11(18)6-7-13(12)15/h6-7,9-10,18H,3-5,8H2,1-2H3,(H,16,17). The molecule has 1 aromatic carbocycles. The largest absolute Gasteiger partial charge is 0.352 e. The molecule has 0 aromatic heterocycles. The highest BCUT2D eigenvalue weighted by atomic mass is 79.9. The van der Waals surface area contributed by atoms with Gasteiger partial charge in [0.25, 0.3) is 5.91 Å². The molecule has 0 aliphatic rings. The van der Waals surface area contributed by atoms with E-state index in [1.54, 1.807) is 6.07 Å². The Hall–Kier alpha value is -0.480. The Morgan fingerprint density at radius 3 is 2.78 bits per heavy atom. The van der Waals surface area contributed by atoms with Crippen molar-refractivity contribution in [1.82, 2.24) is 5.32 Å². The molecule has 0 aliphatic carbocycles. The summed E-state index contributed by atoms with van der Waals surface area (Å²) >= 11 is 7.62. The molecule has 0 radical (unpaired) electrons. The Morgan fingerprint density at radius 1 is 1.39 bits per heavy atom. The minimum Gasteiger partial charge on any atom is -0.352 e. The van der Waals surface area contributed by atoms with E-state index in [2.05, 4.69) is 47.7 Å². The van der Waals surface area contributed by atoms with E-state index in [0.717, 1.165) is 34.7 Å². The number of unbranched alkanes of at least 4 members (excludes halogenated alkanes) is 1. The maximum absolute atomic E-state index is 11.9. The summed E-state index contributed by atoms with van der Waals surface area (Å²) in [6, 6.07) is 5.47. The number of benzene rings is 1. The molecular formula is C14H20BrNOS. The van der Waals surface area contributed by atoms with Crippen LogP contribution in [0.3, 0.4) is 0 Å². The zero-order valence-corrected chi connectivity index (χ0v) is 13.4. The molecule has 1 rings (SSSR count). The Morgan fingerprint density at radius 2 is 2.11 bits per heavy atom. The molecule has 0 aliphatic heterocycles. The van der Waals surface area contributed by atoms with Gasteiger partial charge in [0.05, 0.1) is 5.56 Å². The van der Waals surface area contributed by atoms with Crippen molar-refractivity contribution in [3.05, 3.63) is 28.2 Å². The van der Waals surface area contributed by atoms with E-state index in [9.17, 15) is 4.79 Å². The number of nitrogens with one attached hydrogen (secondary N) is 1. The first-order chi connectivity index (χ1) is 8.50. The highest BCUT2D eigenvalue weighted by Crippen LogP contribution is 2.20. The van der Waals surface area contributed by atoms with Gasteiger partial charge in [0.2, 0.25) is 0 Å². The van der Waals surface area contributed by atoms with Crippen LogP contribution in [-0.2, 0) is 0 Å². The summed E-state index contributed by atoms with van der Waals surface area (Å²) in [5, 5.41) is 2.94. The Labute approximate surface area is 123 Å². The van der Waals surface area contributed by atoms with Gasteiger partial charge in [0, 0.05) is 15.9 Å². The molecule has 0 fully saturated rings. The zero-order chi connectivity index (χ0) is 13.5. The van der Waals surface area contributed by atoms with E-state index >= 15 is 0 Å². The van der Waals surface area contributed by atoms with Crippen molar-refractivity contribution in [2.75, 3.05) is 6.54 Å². The quantitative estimate of drug-likeness (QED) is 0.591. The number of amides is 1. The fourth-order valence-electron chi connectivity index (χ4n) is 1.66. The van der Waals surface area contributed by atoms with Gasteiger partial charge in [0.1, 0.15) is 0 Å². The van der Waals surface area contributed by atoms with Gasteiger partial charge in [-0.2, -0.15) is 0 Å². The fourth-order valence-corrected chi connectivity index (χ4v) is 2.29. The molecule has 0 saturated heterocycles. The van der Waals surface area contributed by atoms with Gasteiger partial charge in [0.15, 0.2) is 0 Å². The SMILES string of the molecule is CC(C)CCCCNC(=O)c1cc(S)ccc1Br. The molecule has 1 amide bonds. The molecule has 4 heteroatoms. The summed E-state index contributed by atoms with van der Waals surface area (Å²) in [4.78, 5) is 12.7. The molecule has 1 N–H and O–H groups in total. The molecule has 0 saturated carbocycles. The lowest BCUT2D eigenvalue weighted by atomic mass is 10.1. The third-order valence-electron chi connectivity index (χ3n) is 2.69. The average molecular weight is 330 g/mol. The van der Waals surface area contributed by atoms with Crippen molar-refractivity contribution in [1.29, 1.82) is 0 Å². The van der Waals surface area contributed by atoms with Crippen molar-refractivity contribution in [3.8, 4) is 0 Å². The van der Waals surface area contributed by atoms with E-state index in [0.29, 0.717) is 5.56 Å². The van der Waals surface area contributed by atoms with E-state index in [1.807, 2.05) is 12.1 Å². The third-order valence-corrected chi connectivity index (χ3v) is 3.66. The second-order valence-corrected chi connectivity index (χ2v) is 6.18. The lowest BCUT2D eigenvalue weighted by Gasteiger charge is -2.08. The molecule has 18 heavy (non-hydrogen) atoms. The van der Waals surface area contributed by atoms with Crippen LogP contribution in [0.2, 0.25) is 0 Å². The van der Waals surface area contributed by atoms with Crippen LogP contribution < -0.4 is 5.32 Å². The van der Waals surface area contributed by atoms with Crippen molar-refractivity contribution >= 4 is 34.5 Å². The predicted octanol–water partition coefficient (Wildman–Crippen LogP) is 4.29. The first-order valence-electron chi connectivity index (χ1n) is 6.27. The second-order valence-electron chi connectivity index (χ2n) is 4.81. The van der Waals surface area contributed by atoms with Crippen LogP contribution in [0.25, 0.3) is 0 Å². The van der Waals surface area contributed by atoms with Gasteiger partial charge in [-0.15, -0.1) is 12.6 Å². The monoisotopic (exact) mass is 329 g/mol. The molecule has 0 spiro atoms. The van der Waals surface area contributed by atoms with E-state index in [4.69, 9.17) is 0 Å². The number of hydrogen-bond acceptors (Lipinski definition) is 2. The number of carbonyl (C=O) groups is 1. The van der Waals surface area contributed by atoms with Crippen molar-refractivity contribution in [3.63, 3.8) is 0 Å². The summed E-state index contributed by atoms with van der Waals surface area (Å²) in [6.45, 7) is 5.16. The first-order valence-corrected chi connectivity index (χ1v) is 7.51. The van der Waals surface area contributed by atoms with Gasteiger partial charge in [-0.1, -0.05) is 26.7 Å². The van der Waals surface area contributed by atoms with Crippen molar-refractivity contribution in [2.45, 2.75) is 38.0 Å². The number of halogens is 1. The number of thiol groups is 1. The zero-order valence-electron chi connectivity index (χ0n) is 10.9. The first kappa shape index (κ1) is 15.6. The number of hydrogen-bond donors (Lipinski definition) is 2. The van der Waals surface area contributed by atoms with Crippen LogP contribution in [-0.4, -0.2) is 12.5 Å². The van der Waals surface area contributed by atoms with Crippen LogP contribution >= 0.6 is 28.6 Å². The number of carbonyl (C=O) groups excluding carboxylic acids is 1. The van der Waals surface area contributed by atoms with E-state index in [1.165, 1.54) is 6.42 Å². The Bertz CT molecular complexity index is 407. The van der Waals surface area contributed by atoms with Crippen LogP contribution in [0.1, 0.15) is 43.5 Å². The second kappa shape index (κ2) is 7.85. The Balaban J connectivity index is 2.39. The molecule has 0 heterocycles. The molecule has 1 aromatic rings. The summed E-state index contributed by atoms with van der Waals surface area (Å²) < 4.78 is 0.806. The van der Waals surface area contributed by atoms with Crippen LogP contribution in [0.5, 0.6) is 0 Å². The molecule has 0 bridgehead atoms. The van der Waals surface area contributed by atoms with Gasteiger partial charge in [-0.3, -0.25) is 4.79 Å². The number of rotatable bonds is 6. The molecule has 2 nitrogen and oxygen atoms in total. The highest BCUT2D eigenvalue weighted by Gasteiger charge is 2.09. The van der Waals surface area contributed by atoms with Crippen LogP contribution in [0.15, 0.2) is 27.6 Å².